The molecular formula is C21H23N3O2. The van der Waals surface area contributed by atoms with E-state index in [1.807, 2.05) is 30.7 Å². The van der Waals surface area contributed by atoms with Crippen LogP contribution < -0.4 is 5.32 Å². The summed E-state index contributed by atoms with van der Waals surface area (Å²) >= 11 is 0. The van der Waals surface area contributed by atoms with E-state index >= 15 is 0 Å². The maximum absolute atomic E-state index is 12.8. The van der Waals surface area contributed by atoms with E-state index in [9.17, 15) is 9.90 Å². The lowest BCUT2D eigenvalue weighted by Crippen LogP contribution is -2.31. The zero-order valence-electron chi connectivity index (χ0n) is 15.1. The number of phenolic OH excluding ortho intramolecular Hbond substituents is 1. The normalized spacial score (nSPS) is 16.5. The van der Waals surface area contributed by atoms with Crippen LogP contribution in [-0.2, 0) is 24.8 Å². The largest absolute Gasteiger partial charge is 0.508 e. The molecule has 2 aromatic carbocycles. The predicted molar refractivity (Wildman–Crippen MR) is 101 cm³/mol. The average Bonchev–Trinajstić information content (AvgIpc) is 2.94. The Labute approximate surface area is 152 Å². The highest BCUT2D eigenvalue weighted by Crippen LogP contribution is 2.36. The summed E-state index contributed by atoms with van der Waals surface area (Å²) in [5, 5.41) is 13.1. The zero-order chi connectivity index (χ0) is 18.3. The Kier molecular flexibility index (Phi) is 4.15. The Morgan fingerprint density at radius 3 is 3.04 bits per heavy atom. The summed E-state index contributed by atoms with van der Waals surface area (Å²) < 4.78 is 2.02. The molecule has 1 aliphatic rings. The number of aryl methyl sites for hydroxylation is 2. The fourth-order valence-electron chi connectivity index (χ4n) is 3.91. The monoisotopic (exact) mass is 349 g/mol. The Morgan fingerprint density at radius 2 is 2.19 bits per heavy atom. The van der Waals surface area contributed by atoms with Crippen LogP contribution in [0, 0.1) is 6.92 Å². The molecule has 4 rings (SSSR count). The van der Waals surface area contributed by atoms with E-state index in [2.05, 4.69) is 28.5 Å². The second kappa shape index (κ2) is 6.48. The highest BCUT2D eigenvalue weighted by Gasteiger charge is 2.28. The van der Waals surface area contributed by atoms with Crippen LogP contribution >= 0.6 is 0 Å². The average molecular weight is 349 g/mol. The third kappa shape index (κ3) is 2.83. The van der Waals surface area contributed by atoms with Crippen molar-refractivity contribution in [2.24, 2.45) is 7.05 Å². The van der Waals surface area contributed by atoms with E-state index in [4.69, 9.17) is 0 Å². The number of nitrogens with one attached hydrogen (secondary N) is 1. The maximum Gasteiger partial charge on any atom is 0.227 e. The first-order valence-electron chi connectivity index (χ1n) is 9.05. The number of phenols is 1. The van der Waals surface area contributed by atoms with Crippen molar-refractivity contribution in [3.8, 4) is 5.75 Å². The minimum atomic E-state index is -0.206. The number of benzene rings is 2. The summed E-state index contributed by atoms with van der Waals surface area (Å²) in [7, 11) is 1.97. The fraction of sp³-hybridized carbons (Fsp3) is 0.333. The number of aromatic hydroxyl groups is 1. The molecule has 3 aromatic rings. The van der Waals surface area contributed by atoms with Crippen LogP contribution in [0.2, 0.25) is 0 Å². The molecule has 26 heavy (non-hydrogen) atoms. The number of carbonyl (C=O) groups is 1. The lowest BCUT2D eigenvalue weighted by molar-refractivity contribution is -0.123. The molecule has 5 nitrogen and oxygen atoms in total. The summed E-state index contributed by atoms with van der Waals surface area (Å²) in [6.07, 6.45) is 2.55. The number of nitrogens with zero attached hydrogens (tertiary/aromatic N) is 2. The van der Waals surface area contributed by atoms with E-state index < -0.39 is 0 Å². The van der Waals surface area contributed by atoms with Gasteiger partial charge in [-0.05, 0) is 61.1 Å². The van der Waals surface area contributed by atoms with Crippen molar-refractivity contribution >= 4 is 16.9 Å². The minimum absolute atomic E-state index is 0.000198. The Bertz CT molecular complexity index is 990. The molecule has 1 aromatic heterocycles. The van der Waals surface area contributed by atoms with Gasteiger partial charge in [0.25, 0.3) is 0 Å². The van der Waals surface area contributed by atoms with E-state index in [1.165, 1.54) is 5.56 Å². The van der Waals surface area contributed by atoms with Gasteiger partial charge in [-0.15, -0.1) is 0 Å². The van der Waals surface area contributed by atoms with Crippen molar-refractivity contribution < 1.29 is 9.90 Å². The molecule has 0 radical (unpaired) electrons. The first-order chi connectivity index (χ1) is 12.5. The molecule has 134 valence electrons. The molecule has 1 unspecified atom stereocenters. The van der Waals surface area contributed by atoms with Gasteiger partial charge < -0.3 is 15.0 Å². The number of rotatable bonds is 3. The standard InChI is InChI=1S/C21H23N3O2/c1-13-9-10-18-17(11-13)23-20(24(18)2)12-22-21(26)16-7-3-6-15-14(16)5-4-8-19(15)25/h4-5,8-11,16,25H,3,6-7,12H2,1-2H3,(H,22,26). The van der Waals surface area contributed by atoms with E-state index in [1.54, 1.807) is 6.07 Å². The molecule has 0 fully saturated rings. The lowest BCUT2D eigenvalue weighted by atomic mass is 9.82. The van der Waals surface area contributed by atoms with Crippen LogP contribution in [0.5, 0.6) is 5.75 Å². The quantitative estimate of drug-likeness (QED) is 0.762. The summed E-state index contributed by atoms with van der Waals surface area (Å²) in [5.74, 6) is 0.930. The second-order valence-electron chi connectivity index (χ2n) is 7.09. The van der Waals surface area contributed by atoms with Gasteiger partial charge in [0.2, 0.25) is 5.91 Å². The summed E-state index contributed by atoms with van der Waals surface area (Å²) in [5.41, 5.74) is 5.05. The molecule has 0 saturated carbocycles. The molecule has 0 bridgehead atoms. The van der Waals surface area contributed by atoms with Crippen LogP contribution in [0.1, 0.15) is 41.3 Å². The number of amides is 1. The smallest absolute Gasteiger partial charge is 0.227 e. The molecule has 2 N–H and O–H groups in total. The fourth-order valence-corrected chi connectivity index (χ4v) is 3.91. The topological polar surface area (TPSA) is 67.2 Å². The van der Waals surface area contributed by atoms with Crippen LogP contribution in [0.25, 0.3) is 11.0 Å². The molecule has 1 amide bonds. The van der Waals surface area contributed by atoms with Crippen molar-refractivity contribution in [2.45, 2.75) is 38.6 Å². The zero-order valence-corrected chi connectivity index (χ0v) is 15.1. The number of aromatic nitrogens is 2. The third-order valence-electron chi connectivity index (χ3n) is 5.35. The first-order valence-corrected chi connectivity index (χ1v) is 9.05. The Hall–Kier alpha value is -2.82. The van der Waals surface area contributed by atoms with Gasteiger partial charge in [-0.2, -0.15) is 0 Å². The summed E-state index contributed by atoms with van der Waals surface area (Å²) in [6, 6.07) is 11.6. The van der Waals surface area contributed by atoms with Gasteiger partial charge in [0.15, 0.2) is 0 Å². The lowest BCUT2D eigenvalue weighted by Gasteiger charge is -2.25. The molecule has 1 heterocycles. The van der Waals surface area contributed by atoms with Gasteiger partial charge >= 0.3 is 0 Å². The number of fused-ring (bicyclic) bond motifs is 2. The van der Waals surface area contributed by atoms with Crippen LogP contribution in [0.3, 0.4) is 0 Å². The van der Waals surface area contributed by atoms with Gasteiger partial charge in [-0.25, -0.2) is 4.98 Å². The van der Waals surface area contributed by atoms with Crippen molar-refractivity contribution in [3.05, 3.63) is 58.9 Å². The van der Waals surface area contributed by atoms with Gasteiger partial charge in [-0.1, -0.05) is 18.2 Å². The highest BCUT2D eigenvalue weighted by atomic mass is 16.3. The molecule has 0 saturated heterocycles. The molecule has 1 atom stereocenters. The first kappa shape index (κ1) is 16.6. The van der Waals surface area contributed by atoms with Crippen molar-refractivity contribution in [3.63, 3.8) is 0 Å². The summed E-state index contributed by atoms with van der Waals surface area (Å²) in [6.45, 7) is 2.44. The summed E-state index contributed by atoms with van der Waals surface area (Å²) in [4.78, 5) is 17.5. The van der Waals surface area contributed by atoms with E-state index in [-0.39, 0.29) is 11.8 Å². The molecular weight excluding hydrogens is 326 g/mol. The number of imidazole rings is 1. The van der Waals surface area contributed by atoms with Crippen molar-refractivity contribution in [1.29, 1.82) is 0 Å². The van der Waals surface area contributed by atoms with Crippen LogP contribution in [0.15, 0.2) is 36.4 Å². The highest BCUT2D eigenvalue weighted by molar-refractivity contribution is 5.84. The predicted octanol–water partition coefficient (Wildman–Crippen LogP) is 3.32. The number of hydrogen-bond donors (Lipinski definition) is 2. The molecule has 1 aliphatic carbocycles. The molecule has 5 heteroatoms. The Balaban J connectivity index is 1.54. The van der Waals surface area contributed by atoms with Gasteiger partial charge in [0, 0.05) is 7.05 Å². The van der Waals surface area contributed by atoms with Gasteiger partial charge in [0.05, 0.1) is 23.5 Å². The van der Waals surface area contributed by atoms with Crippen molar-refractivity contribution in [2.75, 3.05) is 0 Å². The van der Waals surface area contributed by atoms with E-state index in [0.29, 0.717) is 12.3 Å². The third-order valence-corrected chi connectivity index (χ3v) is 5.35. The van der Waals surface area contributed by atoms with Gasteiger partial charge in [0.1, 0.15) is 11.6 Å². The van der Waals surface area contributed by atoms with Crippen LogP contribution in [0.4, 0.5) is 0 Å². The number of hydrogen-bond acceptors (Lipinski definition) is 3. The maximum atomic E-state index is 12.8. The SMILES string of the molecule is Cc1ccc2c(c1)nc(CNC(=O)C1CCCc3c(O)cccc31)n2C. The second-order valence-corrected chi connectivity index (χ2v) is 7.09. The van der Waals surface area contributed by atoms with Gasteiger partial charge in [-0.3, -0.25) is 4.79 Å². The molecule has 0 aliphatic heterocycles. The van der Waals surface area contributed by atoms with Crippen LogP contribution in [-0.4, -0.2) is 20.6 Å². The number of carbonyl (C=O) groups excluding carboxylic acids is 1. The Morgan fingerprint density at radius 1 is 1.35 bits per heavy atom. The molecule has 0 spiro atoms. The van der Waals surface area contributed by atoms with E-state index in [0.717, 1.165) is 47.2 Å². The minimum Gasteiger partial charge on any atom is -0.508 e. The van der Waals surface area contributed by atoms with Crippen molar-refractivity contribution in [1.82, 2.24) is 14.9 Å².